The Morgan fingerprint density at radius 3 is 2.48 bits per heavy atom. The van der Waals surface area contributed by atoms with Gasteiger partial charge in [0.25, 0.3) is 0 Å². The highest BCUT2D eigenvalue weighted by atomic mass is 16.5. The van der Waals surface area contributed by atoms with E-state index < -0.39 is 0 Å². The monoisotopic (exact) mass is 368 g/mol. The summed E-state index contributed by atoms with van der Waals surface area (Å²) in [6.45, 7) is 4.37. The van der Waals surface area contributed by atoms with Crippen molar-refractivity contribution >= 4 is 17.1 Å². The normalized spacial score (nSPS) is 15.4. The van der Waals surface area contributed by atoms with Gasteiger partial charge in [0, 0.05) is 45.3 Å². The van der Waals surface area contributed by atoms with E-state index in [4.69, 9.17) is 19.8 Å². The molecule has 0 radical (unpaired) electrons. The van der Waals surface area contributed by atoms with Gasteiger partial charge in [-0.15, -0.1) is 0 Å². The zero-order chi connectivity index (χ0) is 18.8. The van der Waals surface area contributed by atoms with Gasteiger partial charge in [0.05, 0.1) is 20.0 Å². The fourth-order valence-corrected chi connectivity index (χ4v) is 3.40. The molecule has 0 spiro atoms. The largest absolute Gasteiger partial charge is 0.497 e. The smallest absolute Gasteiger partial charge is 0.228 e. The summed E-state index contributed by atoms with van der Waals surface area (Å²) in [5.74, 6) is 1.53. The lowest BCUT2D eigenvalue weighted by atomic mass is 10.1. The molecule has 3 heterocycles. The van der Waals surface area contributed by atoms with Crippen LogP contribution in [0.25, 0.3) is 22.4 Å². The van der Waals surface area contributed by atoms with Gasteiger partial charge in [0.15, 0.2) is 5.65 Å². The zero-order valence-electron chi connectivity index (χ0n) is 15.7. The van der Waals surface area contributed by atoms with Crippen molar-refractivity contribution in [3.8, 4) is 17.0 Å². The van der Waals surface area contributed by atoms with Gasteiger partial charge in [-0.1, -0.05) is 0 Å². The molecule has 0 bridgehead atoms. The number of hydrogen-bond acceptors (Lipinski definition) is 7. The summed E-state index contributed by atoms with van der Waals surface area (Å²) in [4.78, 5) is 18.6. The zero-order valence-corrected chi connectivity index (χ0v) is 15.7. The maximum Gasteiger partial charge on any atom is 0.228 e. The fraction of sp³-hybridized carbons (Fsp3) is 0.421. The minimum Gasteiger partial charge on any atom is -0.497 e. The van der Waals surface area contributed by atoms with Crippen LogP contribution in [-0.2, 0) is 7.05 Å². The molecule has 8 nitrogen and oxygen atoms in total. The quantitative estimate of drug-likeness (QED) is 0.724. The molecular weight excluding hydrogens is 344 g/mol. The molecule has 4 rings (SSSR count). The summed E-state index contributed by atoms with van der Waals surface area (Å²) < 4.78 is 7.19. The first-order valence-corrected chi connectivity index (χ1v) is 9.11. The number of aromatic nitrogens is 4. The number of imidazole rings is 1. The van der Waals surface area contributed by atoms with Crippen molar-refractivity contribution in [3.63, 3.8) is 0 Å². The maximum atomic E-state index is 9.13. The van der Waals surface area contributed by atoms with Crippen LogP contribution < -0.4 is 9.64 Å². The molecule has 27 heavy (non-hydrogen) atoms. The van der Waals surface area contributed by atoms with Crippen molar-refractivity contribution in [1.29, 1.82) is 0 Å². The number of hydrogen-bond donors (Lipinski definition) is 1. The summed E-state index contributed by atoms with van der Waals surface area (Å²) in [6, 6.07) is 7.86. The molecule has 0 atom stereocenters. The van der Waals surface area contributed by atoms with Gasteiger partial charge in [-0.05, 0) is 24.3 Å². The minimum atomic E-state index is 0.194. The van der Waals surface area contributed by atoms with Gasteiger partial charge in [-0.3, -0.25) is 4.90 Å². The molecule has 1 N–H and O–H groups in total. The number of ether oxygens (including phenoxy) is 1. The van der Waals surface area contributed by atoms with Crippen LogP contribution in [0.15, 0.2) is 30.6 Å². The Bertz CT molecular complexity index is 916. The Hall–Kier alpha value is -2.71. The van der Waals surface area contributed by atoms with Gasteiger partial charge < -0.3 is 19.3 Å². The second kappa shape index (κ2) is 7.50. The molecule has 1 aliphatic rings. The summed E-state index contributed by atoms with van der Waals surface area (Å²) in [5.41, 5.74) is 3.44. The molecule has 8 heteroatoms. The number of aryl methyl sites for hydroxylation is 1. The Labute approximate surface area is 158 Å². The van der Waals surface area contributed by atoms with E-state index in [0.29, 0.717) is 6.54 Å². The molecule has 2 aromatic heterocycles. The molecule has 3 aromatic rings. The number of aliphatic hydroxyl groups excluding tert-OH is 1. The molecule has 0 unspecified atom stereocenters. The van der Waals surface area contributed by atoms with Gasteiger partial charge in [-0.2, -0.15) is 4.98 Å². The third-order valence-corrected chi connectivity index (χ3v) is 4.98. The number of nitrogens with zero attached hydrogens (tertiary/aromatic N) is 6. The molecule has 1 aromatic carbocycles. The Balaban J connectivity index is 1.71. The van der Waals surface area contributed by atoms with E-state index in [-0.39, 0.29) is 6.61 Å². The van der Waals surface area contributed by atoms with Crippen molar-refractivity contribution in [2.24, 2.45) is 7.05 Å². The van der Waals surface area contributed by atoms with Crippen molar-refractivity contribution in [2.75, 3.05) is 51.3 Å². The van der Waals surface area contributed by atoms with E-state index in [2.05, 4.69) is 14.8 Å². The lowest BCUT2D eigenvalue weighted by Gasteiger charge is -2.34. The van der Waals surface area contributed by atoms with Gasteiger partial charge >= 0.3 is 0 Å². The van der Waals surface area contributed by atoms with E-state index in [9.17, 15) is 0 Å². The van der Waals surface area contributed by atoms with Crippen molar-refractivity contribution in [2.45, 2.75) is 0 Å². The third kappa shape index (κ3) is 3.45. The average molecular weight is 368 g/mol. The van der Waals surface area contributed by atoms with E-state index in [1.807, 2.05) is 35.9 Å². The number of β-amino-alcohol motifs (C(OH)–C–C–N with tert-alkyl or cyclic N) is 1. The first-order valence-electron chi connectivity index (χ1n) is 9.11. The highest BCUT2D eigenvalue weighted by Gasteiger charge is 2.21. The summed E-state index contributed by atoms with van der Waals surface area (Å²) in [6.07, 6.45) is 1.77. The van der Waals surface area contributed by atoms with E-state index in [1.165, 1.54) is 0 Å². The number of rotatable bonds is 5. The van der Waals surface area contributed by atoms with Crippen molar-refractivity contribution < 1.29 is 9.84 Å². The van der Waals surface area contributed by atoms with E-state index in [1.54, 1.807) is 13.4 Å². The van der Waals surface area contributed by atoms with E-state index >= 15 is 0 Å². The second-order valence-electron chi connectivity index (χ2n) is 6.68. The molecular formula is C19H24N6O2. The van der Waals surface area contributed by atoms with E-state index in [0.717, 1.165) is 60.3 Å². The number of benzene rings is 1. The van der Waals surface area contributed by atoms with Crippen LogP contribution in [0.5, 0.6) is 5.75 Å². The topological polar surface area (TPSA) is 79.5 Å². The minimum absolute atomic E-state index is 0.194. The van der Waals surface area contributed by atoms with Gasteiger partial charge in [0.1, 0.15) is 17.0 Å². The molecule has 0 saturated carbocycles. The van der Waals surface area contributed by atoms with Crippen LogP contribution in [0.4, 0.5) is 5.95 Å². The SMILES string of the molecule is COc1ccc(-c2nc(N3CCN(CCO)CC3)nc3c2ncn3C)cc1. The number of anilines is 1. The predicted molar refractivity (Wildman–Crippen MR) is 104 cm³/mol. The lowest BCUT2D eigenvalue weighted by Crippen LogP contribution is -2.47. The predicted octanol–water partition coefficient (Wildman–Crippen LogP) is 1.15. The first kappa shape index (κ1) is 17.7. The standard InChI is InChI=1S/C19H24N6O2/c1-23-13-20-17-16(14-3-5-15(27-2)6-4-14)21-19(22-18(17)23)25-9-7-24(8-10-25)11-12-26/h3-6,13,26H,7-12H2,1-2H3. The van der Waals surface area contributed by atoms with Crippen LogP contribution in [0.2, 0.25) is 0 Å². The van der Waals surface area contributed by atoms with Crippen LogP contribution >= 0.6 is 0 Å². The van der Waals surface area contributed by atoms with Crippen molar-refractivity contribution in [3.05, 3.63) is 30.6 Å². The number of piperazine rings is 1. The average Bonchev–Trinajstić information content (AvgIpc) is 3.09. The van der Waals surface area contributed by atoms with Crippen LogP contribution in [0, 0.1) is 0 Å². The molecule has 1 fully saturated rings. The number of fused-ring (bicyclic) bond motifs is 1. The molecule has 0 aliphatic carbocycles. The van der Waals surface area contributed by atoms with Crippen LogP contribution in [0.1, 0.15) is 0 Å². The third-order valence-electron chi connectivity index (χ3n) is 4.98. The fourth-order valence-electron chi connectivity index (χ4n) is 3.40. The molecule has 1 aliphatic heterocycles. The maximum absolute atomic E-state index is 9.13. The van der Waals surface area contributed by atoms with Gasteiger partial charge in [-0.25, -0.2) is 9.97 Å². The van der Waals surface area contributed by atoms with Crippen LogP contribution in [0.3, 0.4) is 0 Å². The van der Waals surface area contributed by atoms with Crippen LogP contribution in [-0.4, -0.2) is 76.0 Å². The second-order valence-corrected chi connectivity index (χ2v) is 6.68. The summed E-state index contributed by atoms with van der Waals surface area (Å²) in [5, 5.41) is 9.13. The summed E-state index contributed by atoms with van der Waals surface area (Å²) >= 11 is 0. The summed E-state index contributed by atoms with van der Waals surface area (Å²) in [7, 11) is 3.61. The number of aliphatic hydroxyl groups is 1. The number of methoxy groups -OCH3 is 1. The van der Waals surface area contributed by atoms with Gasteiger partial charge in [0.2, 0.25) is 5.95 Å². The first-order chi connectivity index (χ1) is 13.2. The Morgan fingerprint density at radius 2 is 1.81 bits per heavy atom. The highest BCUT2D eigenvalue weighted by molar-refractivity contribution is 5.88. The molecule has 0 amide bonds. The van der Waals surface area contributed by atoms with Crippen molar-refractivity contribution in [1.82, 2.24) is 24.4 Å². The highest BCUT2D eigenvalue weighted by Crippen LogP contribution is 2.28. The Morgan fingerprint density at radius 1 is 1.07 bits per heavy atom. The molecule has 1 saturated heterocycles. The molecule has 142 valence electrons. The lowest BCUT2D eigenvalue weighted by molar-refractivity contribution is 0.188. The Kier molecular flexibility index (Phi) is 4.91.